The van der Waals surface area contributed by atoms with Crippen LogP contribution in [0.25, 0.3) is 0 Å². The fourth-order valence-corrected chi connectivity index (χ4v) is 3.64. The van der Waals surface area contributed by atoms with Crippen LogP contribution in [0.2, 0.25) is 0 Å². The highest BCUT2D eigenvalue weighted by atomic mass is 32.2. The van der Waals surface area contributed by atoms with E-state index in [0.717, 1.165) is 17.1 Å². The van der Waals surface area contributed by atoms with Gasteiger partial charge in [-0.3, -0.25) is 0 Å². The molecule has 0 amide bonds. The molecule has 2 heterocycles. The Bertz CT molecular complexity index is 307. The largest absolute Gasteiger partial charge is 0.465 e. The molecule has 2 nitrogen and oxygen atoms in total. The van der Waals surface area contributed by atoms with E-state index >= 15 is 0 Å². The Labute approximate surface area is 85.3 Å². The van der Waals surface area contributed by atoms with Crippen molar-refractivity contribution in [3.05, 3.63) is 21.4 Å². The summed E-state index contributed by atoms with van der Waals surface area (Å²) in [6.45, 7) is 0. The number of methoxy groups -OCH3 is 1. The van der Waals surface area contributed by atoms with Gasteiger partial charge < -0.3 is 4.74 Å². The summed E-state index contributed by atoms with van der Waals surface area (Å²) >= 11 is 3.50. The van der Waals surface area contributed by atoms with E-state index in [1.165, 1.54) is 23.3 Å². The second-order valence-electron chi connectivity index (χ2n) is 2.85. The Balaban J connectivity index is 2.30. The van der Waals surface area contributed by atoms with Crippen LogP contribution in [0.3, 0.4) is 0 Å². The van der Waals surface area contributed by atoms with Crippen LogP contribution in [0.4, 0.5) is 0 Å². The Morgan fingerprint density at radius 1 is 1.62 bits per heavy atom. The van der Waals surface area contributed by atoms with Crippen molar-refractivity contribution in [1.82, 2.24) is 0 Å². The molecular weight excluding hydrogens is 204 g/mol. The number of rotatable bonds is 1. The molecule has 0 saturated heterocycles. The number of carbonyl (C=O) groups excluding carboxylic acids is 1. The van der Waals surface area contributed by atoms with Gasteiger partial charge in [-0.1, -0.05) is 0 Å². The monoisotopic (exact) mass is 214 g/mol. The predicted octanol–water partition coefficient (Wildman–Crippen LogP) is 2.32. The van der Waals surface area contributed by atoms with E-state index in [-0.39, 0.29) is 5.97 Å². The second kappa shape index (κ2) is 3.72. The van der Waals surface area contributed by atoms with Crippen LogP contribution in [0, 0.1) is 0 Å². The molecule has 1 aliphatic rings. The topological polar surface area (TPSA) is 26.3 Å². The van der Waals surface area contributed by atoms with Gasteiger partial charge in [0, 0.05) is 10.6 Å². The van der Waals surface area contributed by atoms with Crippen molar-refractivity contribution in [3.8, 4) is 0 Å². The summed E-state index contributed by atoms with van der Waals surface area (Å²) in [5, 5.41) is 0. The number of esters is 1. The normalized spacial score (nSPS) is 15.2. The van der Waals surface area contributed by atoms with Crippen molar-refractivity contribution in [1.29, 1.82) is 0 Å². The third kappa shape index (κ3) is 1.74. The highest BCUT2D eigenvalue weighted by Crippen LogP contribution is 2.31. The Kier molecular flexibility index (Phi) is 2.60. The van der Waals surface area contributed by atoms with Crippen LogP contribution in [-0.4, -0.2) is 18.8 Å². The van der Waals surface area contributed by atoms with Gasteiger partial charge in [-0.2, -0.15) is 11.8 Å². The zero-order chi connectivity index (χ0) is 9.26. The predicted molar refractivity (Wildman–Crippen MR) is 55.5 cm³/mol. The van der Waals surface area contributed by atoms with Crippen LogP contribution in [0.1, 0.15) is 20.1 Å². The van der Waals surface area contributed by atoms with Crippen LogP contribution >= 0.6 is 23.1 Å². The molecule has 0 saturated carbocycles. The van der Waals surface area contributed by atoms with Crippen molar-refractivity contribution >= 4 is 29.1 Å². The quantitative estimate of drug-likeness (QED) is 0.671. The van der Waals surface area contributed by atoms with Crippen LogP contribution < -0.4 is 0 Å². The first-order chi connectivity index (χ1) is 6.31. The summed E-state index contributed by atoms with van der Waals surface area (Å²) in [5.41, 5.74) is 1.32. The van der Waals surface area contributed by atoms with Crippen LogP contribution in [-0.2, 0) is 16.9 Å². The number of thioether (sulfide) groups is 1. The average Bonchev–Trinajstić information content (AvgIpc) is 2.59. The maximum Gasteiger partial charge on any atom is 0.348 e. The molecule has 13 heavy (non-hydrogen) atoms. The fourth-order valence-electron chi connectivity index (χ4n) is 1.35. The first-order valence-corrected chi connectivity index (χ1v) is 6.06. The van der Waals surface area contributed by atoms with Crippen LogP contribution in [0.5, 0.6) is 0 Å². The minimum Gasteiger partial charge on any atom is -0.465 e. The van der Waals surface area contributed by atoms with Gasteiger partial charge in [-0.05, 0) is 23.8 Å². The molecule has 0 fully saturated rings. The minimum absolute atomic E-state index is 0.204. The van der Waals surface area contributed by atoms with Crippen molar-refractivity contribution in [2.24, 2.45) is 0 Å². The third-order valence-electron chi connectivity index (χ3n) is 2.01. The maximum absolute atomic E-state index is 11.2. The van der Waals surface area contributed by atoms with Crippen molar-refractivity contribution in [2.45, 2.75) is 12.2 Å². The lowest BCUT2D eigenvalue weighted by atomic mass is 10.2. The zero-order valence-corrected chi connectivity index (χ0v) is 8.96. The molecule has 2 rings (SSSR count). The van der Waals surface area contributed by atoms with E-state index in [4.69, 9.17) is 0 Å². The summed E-state index contributed by atoms with van der Waals surface area (Å²) < 4.78 is 4.68. The summed E-state index contributed by atoms with van der Waals surface area (Å²) in [6, 6.07) is 1.97. The first kappa shape index (κ1) is 9.09. The zero-order valence-electron chi connectivity index (χ0n) is 7.33. The second-order valence-corrected chi connectivity index (χ2v) is 5.10. The highest BCUT2D eigenvalue weighted by Gasteiger charge is 2.17. The Morgan fingerprint density at radius 3 is 3.15 bits per heavy atom. The van der Waals surface area contributed by atoms with Crippen molar-refractivity contribution in [2.75, 3.05) is 12.9 Å². The number of aryl methyl sites for hydroxylation is 1. The number of thiophene rings is 1. The molecule has 1 aliphatic heterocycles. The van der Waals surface area contributed by atoms with Gasteiger partial charge in [0.15, 0.2) is 0 Å². The van der Waals surface area contributed by atoms with Gasteiger partial charge >= 0.3 is 5.97 Å². The number of hydrogen-bond acceptors (Lipinski definition) is 4. The molecule has 0 N–H and O–H groups in total. The van der Waals surface area contributed by atoms with E-state index in [0.29, 0.717) is 0 Å². The molecule has 0 unspecified atom stereocenters. The molecule has 0 aliphatic carbocycles. The maximum atomic E-state index is 11.2. The van der Waals surface area contributed by atoms with Gasteiger partial charge in [0.1, 0.15) is 4.88 Å². The van der Waals surface area contributed by atoms with Gasteiger partial charge in [0.2, 0.25) is 0 Å². The Morgan fingerprint density at radius 2 is 2.46 bits per heavy atom. The standard InChI is InChI=1S/C9H10O2S2/c1-11-9(10)8-4-6-5-12-3-2-7(6)13-8/h4H,2-3,5H2,1H3. The molecular formula is C9H10O2S2. The van der Waals surface area contributed by atoms with E-state index in [1.54, 1.807) is 11.3 Å². The van der Waals surface area contributed by atoms with Crippen LogP contribution in [0.15, 0.2) is 6.07 Å². The van der Waals surface area contributed by atoms with Gasteiger partial charge in [-0.25, -0.2) is 4.79 Å². The van der Waals surface area contributed by atoms with Gasteiger partial charge in [0.25, 0.3) is 0 Å². The fraction of sp³-hybridized carbons (Fsp3) is 0.444. The van der Waals surface area contributed by atoms with E-state index in [2.05, 4.69) is 4.74 Å². The summed E-state index contributed by atoms with van der Waals surface area (Å²) in [4.78, 5) is 13.3. The van der Waals surface area contributed by atoms with E-state index in [1.807, 2.05) is 17.8 Å². The lowest BCUT2D eigenvalue weighted by Gasteiger charge is -2.08. The Hall–Kier alpha value is -0.480. The molecule has 0 atom stereocenters. The lowest BCUT2D eigenvalue weighted by Crippen LogP contribution is -1.97. The van der Waals surface area contributed by atoms with Gasteiger partial charge in [-0.15, -0.1) is 11.3 Å². The molecule has 0 aromatic carbocycles. The average molecular weight is 214 g/mol. The summed E-state index contributed by atoms with van der Waals surface area (Å²) in [6.07, 6.45) is 1.10. The lowest BCUT2D eigenvalue weighted by molar-refractivity contribution is 0.0606. The summed E-state index contributed by atoms with van der Waals surface area (Å²) in [7, 11) is 1.43. The van der Waals surface area contributed by atoms with E-state index < -0.39 is 0 Å². The summed E-state index contributed by atoms with van der Waals surface area (Å²) in [5.74, 6) is 2.01. The molecule has 0 spiro atoms. The first-order valence-electron chi connectivity index (χ1n) is 4.09. The van der Waals surface area contributed by atoms with Crippen molar-refractivity contribution in [3.63, 3.8) is 0 Å². The molecule has 1 aromatic rings. The highest BCUT2D eigenvalue weighted by molar-refractivity contribution is 7.98. The van der Waals surface area contributed by atoms with E-state index in [9.17, 15) is 4.79 Å². The van der Waals surface area contributed by atoms with Crippen molar-refractivity contribution < 1.29 is 9.53 Å². The SMILES string of the molecule is COC(=O)c1cc2c(s1)CCSC2. The third-order valence-corrected chi connectivity index (χ3v) is 4.24. The molecule has 0 radical (unpaired) electrons. The molecule has 1 aromatic heterocycles. The molecule has 70 valence electrons. The number of hydrogen-bond donors (Lipinski definition) is 0. The number of ether oxygens (including phenoxy) is 1. The number of fused-ring (bicyclic) bond motifs is 1. The minimum atomic E-state index is -0.204. The smallest absolute Gasteiger partial charge is 0.348 e. The number of carbonyl (C=O) groups is 1. The van der Waals surface area contributed by atoms with Gasteiger partial charge in [0.05, 0.1) is 7.11 Å². The molecule has 0 bridgehead atoms. The molecule has 4 heteroatoms.